The van der Waals surface area contributed by atoms with Gasteiger partial charge in [-0.2, -0.15) is 9.29 Å². The molecule has 3 aromatic heterocycles. The number of fused-ring (bicyclic) bond motifs is 1. The van der Waals surface area contributed by atoms with Gasteiger partial charge >= 0.3 is 15.6 Å². The fourth-order valence-electron chi connectivity index (χ4n) is 5.16. The summed E-state index contributed by atoms with van der Waals surface area (Å²) in [5, 5.41) is 70.0. The van der Waals surface area contributed by atoms with Gasteiger partial charge in [-0.15, -0.1) is 5.10 Å². The van der Waals surface area contributed by atoms with Crippen molar-refractivity contribution in [3.05, 3.63) is 28.6 Å². The number of phosphoric acid groups is 2. The van der Waals surface area contributed by atoms with E-state index in [1.807, 2.05) is 13.8 Å². The molecule has 0 aromatic carbocycles. The summed E-state index contributed by atoms with van der Waals surface area (Å²) in [5.74, 6) is -0.144. The number of nitrogens with one attached hydrogen (secondary N) is 1. The van der Waals surface area contributed by atoms with Crippen LogP contribution in [0.15, 0.2) is 17.3 Å². The number of H-pyrrole nitrogens is 1. The largest absolute Gasteiger partial charge is 0.483 e. The number of nitrogen functional groups attached to an aromatic ring is 1. The molecular formula is C23H36N8O16P2. The number of nitrogens with two attached hydrogens (primary N) is 1. The van der Waals surface area contributed by atoms with E-state index in [2.05, 4.69) is 29.6 Å². The molecule has 0 radical (unpaired) electrons. The highest BCUT2D eigenvalue weighted by molar-refractivity contribution is 7.61. The first-order valence-corrected chi connectivity index (χ1v) is 17.6. The smallest absolute Gasteiger partial charge is 0.388 e. The average Bonchev–Trinajstić information content (AvgIpc) is 3.71. The Hall–Kier alpha value is -2.77. The van der Waals surface area contributed by atoms with E-state index in [1.165, 1.54) is 6.20 Å². The summed E-state index contributed by atoms with van der Waals surface area (Å²) < 4.78 is 52.0. The van der Waals surface area contributed by atoms with Crippen LogP contribution in [0.25, 0.3) is 11.2 Å². The fraction of sp³-hybridized carbons (Fsp3) is 0.696. The number of phosphoric ester groups is 2. The Kier molecular flexibility index (Phi) is 11.1. The van der Waals surface area contributed by atoms with Gasteiger partial charge in [0, 0.05) is 0 Å². The maximum absolute atomic E-state index is 12.7. The number of hydrogen-bond donors (Lipinski definition) is 10. The maximum atomic E-state index is 12.7. The van der Waals surface area contributed by atoms with Crippen molar-refractivity contribution in [3.63, 3.8) is 0 Å². The van der Waals surface area contributed by atoms with Crippen LogP contribution < -0.4 is 11.3 Å². The van der Waals surface area contributed by atoms with Crippen molar-refractivity contribution < 1.29 is 72.4 Å². The second kappa shape index (κ2) is 14.5. The monoisotopic (exact) mass is 742 g/mol. The highest BCUT2D eigenvalue weighted by Gasteiger charge is 2.50. The SMILES string of the molecule is CC(C)CC(O)c1cn(C[C@@H]2O[C@H](OP(=O)(O)OP(=O)(O)OC[C@H]3O[C@@H](n4cnc5c(=O)[nH]c(N)nc54)[C@H](O)[C@@H]3O)[C@@H](O)[C@H](O)[C@@H]2O)nn1. The first kappa shape index (κ1) is 37.5. The van der Waals surface area contributed by atoms with Crippen molar-refractivity contribution in [3.8, 4) is 0 Å². The normalized spacial score (nSPS) is 32.3. The van der Waals surface area contributed by atoms with Crippen LogP contribution in [-0.2, 0) is 38.5 Å². The third-order valence-corrected chi connectivity index (χ3v) is 10.1. The zero-order chi connectivity index (χ0) is 36.0. The molecule has 0 aliphatic carbocycles. The Morgan fingerprint density at radius 1 is 1.02 bits per heavy atom. The molecule has 12 atom stereocenters. The molecular weight excluding hydrogens is 706 g/mol. The molecule has 3 unspecified atom stereocenters. The van der Waals surface area contributed by atoms with Crippen LogP contribution >= 0.6 is 15.6 Å². The summed E-state index contributed by atoms with van der Waals surface area (Å²) in [6, 6.07) is 0. The van der Waals surface area contributed by atoms with Gasteiger partial charge in [-0.05, 0) is 12.3 Å². The van der Waals surface area contributed by atoms with Crippen molar-refractivity contribution >= 4 is 32.8 Å². The summed E-state index contributed by atoms with van der Waals surface area (Å²) in [6.45, 7) is 2.42. The number of aromatic amines is 1. The molecule has 2 fully saturated rings. The minimum Gasteiger partial charge on any atom is -0.388 e. The molecule has 2 aliphatic rings. The van der Waals surface area contributed by atoms with Crippen LogP contribution in [0.2, 0.25) is 0 Å². The Morgan fingerprint density at radius 3 is 2.41 bits per heavy atom. The van der Waals surface area contributed by atoms with Gasteiger partial charge in [-0.3, -0.25) is 23.4 Å². The molecule has 0 spiro atoms. The number of anilines is 1. The Balaban J connectivity index is 1.19. The molecule has 3 aromatic rings. The zero-order valence-corrected chi connectivity index (χ0v) is 27.4. The molecule has 2 saturated heterocycles. The topological polar surface area (TPSA) is 362 Å². The van der Waals surface area contributed by atoms with Crippen molar-refractivity contribution in [2.24, 2.45) is 5.92 Å². The van der Waals surface area contributed by atoms with Crippen LogP contribution in [-0.4, -0.2) is 131 Å². The van der Waals surface area contributed by atoms with Gasteiger partial charge in [0.05, 0.1) is 31.8 Å². The van der Waals surface area contributed by atoms with Crippen molar-refractivity contribution in [1.29, 1.82) is 0 Å². The number of nitrogens with zero attached hydrogens (tertiary/aromatic N) is 6. The minimum absolute atomic E-state index is 0.118. The van der Waals surface area contributed by atoms with Gasteiger partial charge in [0.25, 0.3) is 5.56 Å². The lowest BCUT2D eigenvalue weighted by Gasteiger charge is -2.40. The Morgan fingerprint density at radius 2 is 1.71 bits per heavy atom. The van der Waals surface area contributed by atoms with Crippen LogP contribution in [0.4, 0.5) is 5.95 Å². The summed E-state index contributed by atoms with van der Waals surface area (Å²) in [5.41, 5.74) is 4.78. The van der Waals surface area contributed by atoms with E-state index in [9.17, 15) is 54.4 Å². The van der Waals surface area contributed by atoms with E-state index >= 15 is 0 Å². The van der Waals surface area contributed by atoms with Crippen molar-refractivity contribution in [2.75, 3.05) is 12.3 Å². The van der Waals surface area contributed by atoms with Crippen LogP contribution in [0, 0.1) is 5.92 Å². The molecule has 11 N–H and O–H groups in total. The second-order valence-electron chi connectivity index (χ2n) is 11.8. The highest BCUT2D eigenvalue weighted by Crippen LogP contribution is 2.61. The Bertz CT molecular complexity index is 1770. The van der Waals surface area contributed by atoms with E-state index in [0.29, 0.717) is 6.42 Å². The number of aliphatic hydroxyl groups is 6. The molecule has 0 saturated carbocycles. The molecule has 5 heterocycles. The van der Waals surface area contributed by atoms with Gasteiger partial charge in [-0.25, -0.2) is 18.8 Å². The first-order chi connectivity index (χ1) is 22.9. The molecule has 5 rings (SSSR count). The quantitative estimate of drug-likeness (QED) is 0.0769. The van der Waals surface area contributed by atoms with E-state index in [-0.39, 0.29) is 35.3 Å². The number of hydrogen-bond acceptors (Lipinski definition) is 19. The summed E-state index contributed by atoms with van der Waals surface area (Å²) in [6.07, 6.45) is -14.2. The van der Waals surface area contributed by atoms with Crippen molar-refractivity contribution in [2.45, 2.75) is 88.2 Å². The van der Waals surface area contributed by atoms with Gasteiger partial charge in [0.1, 0.15) is 48.4 Å². The van der Waals surface area contributed by atoms with E-state index in [1.54, 1.807) is 0 Å². The highest BCUT2D eigenvalue weighted by atomic mass is 31.3. The van der Waals surface area contributed by atoms with Gasteiger partial charge in [0.2, 0.25) is 5.95 Å². The predicted octanol–water partition coefficient (Wildman–Crippen LogP) is -3.25. The number of imidazole rings is 1. The molecule has 274 valence electrons. The van der Waals surface area contributed by atoms with Crippen LogP contribution in [0.5, 0.6) is 0 Å². The minimum atomic E-state index is -5.68. The van der Waals surface area contributed by atoms with E-state index in [4.69, 9.17) is 24.3 Å². The standard InChI is InChI=1S/C23H36N8O16P2/c1-8(2)3-10(32)9-4-30(29-28-9)5-11-14(33)16(35)18(37)22(45-11)46-49(41,42)47-48(39,40)43-6-12-15(34)17(36)21(44-12)31-7-25-13-19(31)26-23(24)27-20(13)38/h4,7-8,10-12,14-18,21-22,32-37H,3,5-6H2,1-2H3,(H,39,40)(H,41,42)(H3,24,26,27,38)/t10?,11-,12+,14+,15+,16+,17+,18-,21+,22+/m0/s1. The molecule has 26 heteroatoms. The lowest BCUT2D eigenvalue weighted by molar-refractivity contribution is -0.278. The van der Waals surface area contributed by atoms with Gasteiger partial charge in [-0.1, -0.05) is 19.1 Å². The van der Waals surface area contributed by atoms with Crippen LogP contribution in [0.1, 0.15) is 38.3 Å². The average molecular weight is 743 g/mol. The summed E-state index contributed by atoms with van der Waals surface area (Å²) in [7, 11) is -11.2. The molecule has 49 heavy (non-hydrogen) atoms. The number of ether oxygens (including phenoxy) is 2. The molecule has 0 amide bonds. The summed E-state index contributed by atoms with van der Waals surface area (Å²) >= 11 is 0. The molecule has 24 nitrogen and oxygen atoms in total. The fourth-order valence-corrected chi connectivity index (χ4v) is 7.32. The van der Waals surface area contributed by atoms with Gasteiger partial charge in [0.15, 0.2) is 23.7 Å². The lowest BCUT2D eigenvalue weighted by atomic mass is 9.99. The number of rotatable bonds is 13. The first-order valence-electron chi connectivity index (χ1n) is 14.6. The Labute approximate surface area is 274 Å². The molecule has 0 bridgehead atoms. The lowest BCUT2D eigenvalue weighted by Crippen LogP contribution is -2.58. The third-order valence-electron chi connectivity index (χ3n) is 7.54. The van der Waals surface area contributed by atoms with E-state index < -0.39 is 89.2 Å². The van der Waals surface area contributed by atoms with Gasteiger partial charge < -0.3 is 55.6 Å². The third kappa shape index (κ3) is 8.41. The molecule has 2 aliphatic heterocycles. The maximum Gasteiger partial charge on any atom is 0.483 e. The second-order valence-corrected chi connectivity index (χ2v) is 14.8. The van der Waals surface area contributed by atoms with Crippen molar-refractivity contribution in [1.82, 2.24) is 34.5 Å². The predicted molar refractivity (Wildman–Crippen MR) is 157 cm³/mol. The number of aromatic nitrogens is 7. The zero-order valence-electron chi connectivity index (χ0n) is 25.6. The number of aliphatic hydroxyl groups excluding tert-OH is 6. The van der Waals surface area contributed by atoms with Crippen LogP contribution in [0.3, 0.4) is 0 Å². The summed E-state index contributed by atoms with van der Waals surface area (Å²) in [4.78, 5) is 42.4. The van der Waals surface area contributed by atoms with E-state index in [0.717, 1.165) is 15.6 Å².